The molecule has 1 aliphatic carbocycles. The minimum absolute atomic E-state index is 0.417. The minimum atomic E-state index is 0.417. The summed E-state index contributed by atoms with van der Waals surface area (Å²) in [7, 11) is 2.12. The van der Waals surface area contributed by atoms with Crippen molar-refractivity contribution in [3.63, 3.8) is 0 Å². The fraction of sp³-hybridized carbons (Fsp3) is 0.875. The van der Waals surface area contributed by atoms with E-state index in [0.717, 1.165) is 5.92 Å². The molecule has 0 heterocycles. The van der Waals surface area contributed by atoms with Crippen molar-refractivity contribution in [3.05, 3.63) is 11.6 Å². The van der Waals surface area contributed by atoms with Crippen LogP contribution < -0.4 is 5.32 Å². The Balaban J connectivity index is 2.61. The zero-order valence-corrected chi connectivity index (χ0v) is 12.5. The fourth-order valence-electron chi connectivity index (χ4n) is 2.52. The van der Waals surface area contributed by atoms with Crippen LogP contribution in [0, 0.1) is 11.3 Å². The molecule has 2 unspecified atom stereocenters. The van der Waals surface area contributed by atoms with Gasteiger partial charge in [-0.15, -0.1) is 0 Å². The van der Waals surface area contributed by atoms with Gasteiger partial charge >= 0.3 is 0 Å². The van der Waals surface area contributed by atoms with Gasteiger partial charge in [-0.3, -0.25) is 0 Å². The van der Waals surface area contributed by atoms with E-state index in [1.54, 1.807) is 5.57 Å². The third-order valence-corrected chi connectivity index (χ3v) is 4.44. The predicted octanol–water partition coefficient (Wildman–Crippen LogP) is 4.54. The van der Waals surface area contributed by atoms with Crippen LogP contribution in [0.2, 0.25) is 0 Å². The summed E-state index contributed by atoms with van der Waals surface area (Å²) in [6, 6.07) is 0.599. The second-order valence-corrected chi connectivity index (χ2v) is 6.72. The summed E-state index contributed by atoms with van der Waals surface area (Å²) in [6.07, 6.45) is 10.5. The van der Waals surface area contributed by atoms with E-state index in [1.165, 1.54) is 38.5 Å². The molecule has 0 saturated heterocycles. The highest BCUT2D eigenvalue weighted by Gasteiger charge is 2.24. The molecule has 1 nitrogen and oxygen atoms in total. The van der Waals surface area contributed by atoms with Gasteiger partial charge in [-0.05, 0) is 50.5 Å². The second-order valence-electron chi connectivity index (χ2n) is 6.72. The van der Waals surface area contributed by atoms with Crippen LogP contribution in [0.15, 0.2) is 11.6 Å². The number of hydrogen-bond acceptors (Lipinski definition) is 1. The monoisotopic (exact) mass is 237 g/mol. The van der Waals surface area contributed by atoms with Crippen LogP contribution in [0.3, 0.4) is 0 Å². The zero-order chi connectivity index (χ0) is 12.9. The Bertz CT molecular complexity index is 247. The highest BCUT2D eigenvalue weighted by atomic mass is 14.9. The van der Waals surface area contributed by atoms with Crippen LogP contribution in [-0.4, -0.2) is 13.1 Å². The summed E-state index contributed by atoms with van der Waals surface area (Å²) >= 11 is 0. The van der Waals surface area contributed by atoms with Gasteiger partial charge in [0.05, 0.1) is 0 Å². The Hall–Kier alpha value is -0.300. The summed E-state index contributed by atoms with van der Waals surface area (Å²) in [5.74, 6) is 0.754. The SMILES string of the molecule is CNC(CC(C)C(C)(C)C)C1=CCCCCC1. The lowest BCUT2D eigenvalue weighted by Gasteiger charge is -2.31. The topological polar surface area (TPSA) is 12.0 Å². The summed E-state index contributed by atoms with van der Waals surface area (Å²) in [5.41, 5.74) is 2.08. The highest BCUT2D eigenvalue weighted by molar-refractivity contribution is 5.12. The van der Waals surface area contributed by atoms with Gasteiger partial charge in [-0.2, -0.15) is 0 Å². The second kappa shape index (κ2) is 6.58. The molecule has 0 aromatic carbocycles. The Morgan fingerprint density at radius 2 is 1.94 bits per heavy atom. The molecule has 0 amide bonds. The molecule has 17 heavy (non-hydrogen) atoms. The van der Waals surface area contributed by atoms with Crippen LogP contribution in [-0.2, 0) is 0 Å². The average molecular weight is 237 g/mol. The lowest BCUT2D eigenvalue weighted by Crippen LogP contribution is -2.32. The van der Waals surface area contributed by atoms with Crippen molar-refractivity contribution >= 4 is 0 Å². The van der Waals surface area contributed by atoms with Crippen molar-refractivity contribution in [1.29, 1.82) is 0 Å². The lowest BCUT2D eigenvalue weighted by atomic mass is 9.77. The maximum atomic E-state index is 3.53. The molecule has 0 aromatic heterocycles. The molecule has 2 atom stereocenters. The smallest absolute Gasteiger partial charge is 0.0279 e. The maximum absolute atomic E-state index is 3.53. The van der Waals surface area contributed by atoms with Gasteiger partial charge < -0.3 is 5.32 Å². The number of nitrogens with one attached hydrogen (secondary N) is 1. The van der Waals surface area contributed by atoms with Gasteiger partial charge in [0.25, 0.3) is 0 Å². The summed E-state index contributed by atoms with van der Waals surface area (Å²) < 4.78 is 0. The number of allylic oxidation sites excluding steroid dienone is 1. The number of likely N-dealkylation sites (N-methyl/N-ethyl adjacent to an activating group) is 1. The molecule has 0 fully saturated rings. The van der Waals surface area contributed by atoms with Gasteiger partial charge in [0.2, 0.25) is 0 Å². The van der Waals surface area contributed by atoms with E-state index in [1.807, 2.05) is 0 Å². The Morgan fingerprint density at radius 3 is 2.53 bits per heavy atom. The van der Waals surface area contributed by atoms with E-state index in [0.29, 0.717) is 11.5 Å². The van der Waals surface area contributed by atoms with E-state index in [4.69, 9.17) is 0 Å². The molecule has 0 aromatic rings. The molecule has 1 rings (SSSR count). The van der Waals surface area contributed by atoms with Crippen LogP contribution in [0.5, 0.6) is 0 Å². The third kappa shape index (κ3) is 4.83. The van der Waals surface area contributed by atoms with Crippen LogP contribution >= 0.6 is 0 Å². The van der Waals surface area contributed by atoms with E-state index in [2.05, 4.69) is 46.1 Å². The van der Waals surface area contributed by atoms with Gasteiger partial charge in [0.15, 0.2) is 0 Å². The molecule has 0 saturated carbocycles. The van der Waals surface area contributed by atoms with Crippen molar-refractivity contribution in [2.45, 2.75) is 72.3 Å². The van der Waals surface area contributed by atoms with Gasteiger partial charge in [0, 0.05) is 6.04 Å². The van der Waals surface area contributed by atoms with Crippen molar-refractivity contribution < 1.29 is 0 Å². The summed E-state index contributed by atoms with van der Waals surface area (Å²) in [6.45, 7) is 9.45. The van der Waals surface area contributed by atoms with Crippen molar-refractivity contribution in [2.75, 3.05) is 7.05 Å². The zero-order valence-electron chi connectivity index (χ0n) is 12.5. The normalized spacial score (nSPS) is 21.6. The van der Waals surface area contributed by atoms with E-state index < -0.39 is 0 Å². The van der Waals surface area contributed by atoms with Gasteiger partial charge in [-0.25, -0.2) is 0 Å². The molecule has 100 valence electrons. The van der Waals surface area contributed by atoms with Gasteiger partial charge in [-0.1, -0.05) is 45.8 Å². The average Bonchev–Trinajstić information content (AvgIpc) is 2.52. The first-order valence-electron chi connectivity index (χ1n) is 7.31. The summed E-state index contributed by atoms with van der Waals surface area (Å²) in [4.78, 5) is 0. The number of rotatable bonds is 4. The molecule has 0 aliphatic heterocycles. The third-order valence-electron chi connectivity index (χ3n) is 4.44. The van der Waals surface area contributed by atoms with Crippen LogP contribution in [0.4, 0.5) is 0 Å². The maximum Gasteiger partial charge on any atom is 0.0279 e. The summed E-state index contributed by atoms with van der Waals surface area (Å²) in [5, 5.41) is 3.53. The molecule has 0 spiro atoms. The van der Waals surface area contributed by atoms with Crippen molar-refractivity contribution in [3.8, 4) is 0 Å². The molecule has 0 bridgehead atoms. The highest BCUT2D eigenvalue weighted by Crippen LogP contribution is 2.32. The first-order valence-corrected chi connectivity index (χ1v) is 7.31. The Morgan fingerprint density at radius 1 is 1.24 bits per heavy atom. The quantitative estimate of drug-likeness (QED) is 0.708. The molecular weight excluding hydrogens is 206 g/mol. The predicted molar refractivity (Wildman–Crippen MR) is 77.3 cm³/mol. The first-order chi connectivity index (χ1) is 7.95. The van der Waals surface area contributed by atoms with E-state index in [-0.39, 0.29) is 0 Å². The fourth-order valence-corrected chi connectivity index (χ4v) is 2.52. The molecule has 1 N–H and O–H groups in total. The molecule has 1 heteroatoms. The van der Waals surface area contributed by atoms with E-state index in [9.17, 15) is 0 Å². The molecular formula is C16H31N. The van der Waals surface area contributed by atoms with Crippen LogP contribution in [0.25, 0.3) is 0 Å². The Labute approximate surface area is 108 Å². The van der Waals surface area contributed by atoms with Gasteiger partial charge in [0.1, 0.15) is 0 Å². The number of hydrogen-bond donors (Lipinski definition) is 1. The van der Waals surface area contributed by atoms with Crippen molar-refractivity contribution in [1.82, 2.24) is 5.32 Å². The standard InChI is InChI=1S/C16H31N/c1-13(16(2,3)4)12-15(17-5)14-10-8-6-7-9-11-14/h10,13,15,17H,6-9,11-12H2,1-5H3. The lowest BCUT2D eigenvalue weighted by molar-refractivity contribution is 0.232. The van der Waals surface area contributed by atoms with Crippen LogP contribution in [0.1, 0.15) is 66.2 Å². The first kappa shape index (κ1) is 14.8. The molecule has 1 aliphatic rings. The largest absolute Gasteiger partial charge is 0.313 e. The molecule has 0 radical (unpaired) electrons. The Kier molecular flexibility index (Phi) is 5.72. The minimum Gasteiger partial charge on any atom is -0.313 e. The van der Waals surface area contributed by atoms with E-state index >= 15 is 0 Å². The van der Waals surface area contributed by atoms with Crippen molar-refractivity contribution in [2.24, 2.45) is 11.3 Å².